The van der Waals surface area contributed by atoms with Crippen LogP contribution in [0.15, 0.2) is 24.4 Å². The molecule has 0 aliphatic heterocycles. The fourth-order valence-electron chi connectivity index (χ4n) is 3.59. The Bertz CT molecular complexity index is 658. The first-order valence-corrected chi connectivity index (χ1v) is 9.12. The first-order valence-electron chi connectivity index (χ1n) is 8.74. The predicted molar refractivity (Wildman–Crippen MR) is 95.8 cm³/mol. The van der Waals surface area contributed by atoms with Gasteiger partial charge in [-0.3, -0.25) is 4.79 Å². The molecule has 1 aliphatic carbocycles. The highest BCUT2D eigenvalue weighted by Gasteiger charge is 2.14. The summed E-state index contributed by atoms with van der Waals surface area (Å²) in [5.41, 5.74) is 2.29. The molecular formula is C19H25ClN2O. The highest BCUT2D eigenvalue weighted by molar-refractivity contribution is 6.31. The van der Waals surface area contributed by atoms with Gasteiger partial charge in [-0.25, -0.2) is 0 Å². The molecule has 3 rings (SSSR count). The maximum Gasteiger partial charge on any atom is 0.220 e. The Morgan fingerprint density at radius 1 is 1.26 bits per heavy atom. The summed E-state index contributed by atoms with van der Waals surface area (Å²) in [7, 11) is 0. The fraction of sp³-hybridized carbons (Fsp3) is 0.526. The van der Waals surface area contributed by atoms with Crippen molar-refractivity contribution in [1.82, 2.24) is 10.3 Å². The normalized spacial score (nSPS) is 15.9. The Morgan fingerprint density at radius 3 is 2.91 bits per heavy atom. The van der Waals surface area contributed by atoms with Gasteiger partial charge in [-0.15, -0.1) is 0 Å². The van der Waals surface area contributed by atoms with E-state index in [2.05, 4.69) is 10.3 Å². The lowest BCUT2D eigenvalue weighted by molar-refractivity contribution is -0.121. The van der Waals surface area contributed by atoms with E-state index in [-0.39, 0.29) is 5.91 Å². The van der Waals surface area contributed by atoms with Crippen molar-refractivity contribution in [2.24, 2.45) is 5.92 Å². The molecule has 1 aromatic carbocycles. The van der Waals surface area contributed by atoms with Crippen molar-refractivity contribution in [3.63, 3.8) is 0 Å². The number of benzene rings is 1. The average Bonchev–Trinajstić information content (AvgIpc) is 2.96. The third-order valence-electron chi connectivity index (χ3n) is 4.95. The number of carbonyl (C=O) groups is 1. The van der Waals surface area contributed by atoms with E-state index in [0.717, 1.165) is 34.7 Å². The Balaban J connectivity index is 1.43. The topological polar surface area (TPSA) is 44.9 Å². The van der Waals surface area contributed by atoms with Crippen LogP contribution in [-0.4, -0.2) is 17.4 Å². The molecule has 1 aromatic heterocycles. The van der Waals surface area contributed by atoms with E-state index in [9.17, 15) is 4.79 Å². The summed E-state index contributed by atoms with van der Waals surface area (Å²) >= 11 is 6.06. The molecule has 124 valence electrons. The lowest BCUT2D eigenvalue weighted by Gasteiger charge is -2.20. The van der Waals surface area contributed by atoms with E-state index in [1.54, 1.807) is 0 Å². The molecule has 0 bridgehead atoms. The van der Waals surface area contributed by atoms with Gasteiger partial charge in [0.1, 0.15) is 0 Å². The second-order valence-corrected chi connectivity index (χ2v) is 7.08. The number of halogens is 1. The van der Waals surface area contributed by atoms with Crippen molar-refractivity contribution < 1.29 is 4.79 Å². The molecule has 2 N–H and O–H groups in total. The fourth-order valence-corrected chi connectivity index (χ4v) is 3.77. The molecule has 2 aromatic rings. The molecular weight excluding hydrogens is 308 g/mol. The number of H-pyrrole nitrogens is 1. The van der Waals surface area contributed by atoms with Crippen LogP contribution in [0.1, 0.15) is 50.5 Å². The standard InChI is InChI=1S/C19H25ClN2O/c20-16-7-8-18-17(12-16)15(13-22-18)10-11-21-19(23)9-6-14-4-2-1-3-5-14/h7-8,12-14,22H,1-6,9-11H2,(H,21,23). The summed E-state index contributed by atoms with van der Waals surface area (Å²) in [4.78, 5) is 15.2. The van der Waals surface area contributed by atoms with Crippen molar-refractivity contribution >= 4 is 28.4 Å². The summed E-state index contributed by atoms with van der Waals surface area (Å²) < 4.78 is 0. The van der Waals surface area contributed by atoms with Crippen LogP contribution in [0.4, 0.5) is 0 Å². The Kier molecular flexibility index (Phi) is 5.60. The second-order valence-electron chi connectivity index (χ2n) is 6.65. The first-order chi connectivity index (χ1) is 11.2. The van der Waals surface area contributed by atoms with Crippen LogP contribution in [0, 0.1) is 5.92 Å². The highest BCUT2D eigenvalue weighted by Crippen LogP contribution is 2.27. The molecule has 1 saturated carbocycles. The minimum atomic E-state index is 0.188. The molecule has 1 heterocycles. The molecule has 23 heavy (non-hydrogen) atoms. The van der Waals surface area contributed by atoms with E-state index < -0.39 is 0 Å². The zero-order chi connectivity index (χ0) is 16.1. The highest BCUT2D eigenvalue weighted by atomic mass is 35.5. The van der Waals surface area contributed by atoms with Gasteiger partial charge in [0.15, 0.2) is 0 Å². The van der Waals surface area contributed by atoms with Gasteiger partial charge in [0.05, 0.1) is 0 Å². The number of aromatic amines is 1. The maximum atomic E-state index is 12.0. The van der Waals surface area contributed by atoms with Gasteiger partial charge in [-0.05, 0) is 42.5 Å². The lowest BCUT2D eigenvalue weighted by Crippen LogP contribution is -2.26. The summed E-state index contributed by atoms with van der Waals surface area (Å²) in [5, 5.41) is 4.95. The number of fused-ring (bicyclic) bond motifs is 1. The molecule has 1 fully saturated rings. The van der Waals surface area contributed by atoms with E-state index >= 15 is 0 Å². The summed E-state index contributed by atoms with van der Waals surface area (Å²) in [6.07, 6.45) is 11.2. The summed E-state index contributed by atoms with van der Waals surface area (Å²) in [5.74, 6) is 0.957. The summed E-state index contributed by atoms with van der Waals surface area (Å²) in [6, 6.07) is 5.86. The summed E-state index contributed by atoms with van der Waals surface area (Å²) in [6.45, 7) is 0.683. The number of amides is 1. The van der Waals surface area contributed by atoms with Crippen LogP contribution in [0.2, 0.25) is 5.02 Å². The lowest BCUT2D eigenvalue weighted by atomic mass is 9.86. The molecule has 4 heteroatoms. The van der Waals surface area contributed by atoms with Crippen molar-refractivity contribution in [2.75, 3.05) is 6.54 Å². The third kappa shape index (κ3) is 4.51. The largest absolute Gasteiger partial charge is 0.361 e. The minimum absolute atomic E-state index is 0.188. The third-order valence-corrected chi connectivity index (χ3v) is 5.19. The molecule has 3 nitrogen and oxygen atoms in total. The molecule has 1 aliphatic rings. The van der Waals surface area contributed by atoms with Crippen LogP contribution >= 0.6 is 11.6 Å². The monoisotopic (exact) mass is 332 g/mol. The van der Waals surface area contributed by atoms with E-state index in [1.807, 2.05) is 24.4 Å². The molecule has 0 spiro atoms. The van der Waals surface area contributed by atoms with Crippen LogP contribution in [-0.2, 0) is 11.2 Å². The van der Waals surface area contributed by atoms with Crippen molar-refractivity contribution in [2.45, 2.75) is 51.4 Å². The average molecular weight is 333 g/mol. The van der Waals surface area contributed by atoms with E-state index in [1.165, 1.54) is 37.7 Å². The quantitative estimate of drug-likeness (QED) is 0.781. The van der Waals surface area contributed by atoms with Crippen LogP contribution in [0.5, 0.6) is 0 Å². The van der Waals surface area contributed by atoms with Crippen molar-refractivity contribution in [3.8, 4) is 0 Å². The van der Waals surface area contributed by atoms with E-state index in [4.69, 9.17) is 11.6 Å². The number of aromatic nitrogens is 1. The van der Waals surface area contributed by atoms with Gasteiger partial charge in [-0.2, -0.15) is 0 Å². The Morgan fingerprint density at radius 2 is 2.09 bits per heavy atom. The van der Waals surface area contributed by atoms with Crippen LogP contribution in [0.3, 0.4) is 0 Å². The van der Waals surface area contributed by atoms with Gasteiger partial charge in [0.2, 0.25) is 5.91 Å². The molecule has 1 amide bonds. The van der Waals surface area contributed by atoms with Gasteiger partial charge in [-0.1, -0.05) is 43.7 Å². The van der Waals surface area contributed by atoms with Crippen LogP contribution < -0.4 is 5.32 Å². The van der Waals surface area contributed by atoms with Crippen molar-refractivity contribution in [3.05, 3.63) is 35.0 Å². The minimum Gasteiger partial charge on any atom is -0.361 e. The molecule has 0 saturated heterocycles. The maximum absolute atomic E-state index is 12.0. The van der Waals surface area contributed by atoms with Gasteiger partial charge in [0.25, 0.3) is 0 Å². The Hall–Kier alpha value is -1.48. The van der Waals surface area contributed by atoms with Crippen molar-refractivity contribution in [1.29, 1.82) is 0 Å². The number of hydrogen-bond donors (Lipinski definition) is 2. The van der Waals surface area contributed by atoms with E-state index in [0.29, 0.717) is 13.0 Å². The number of rotatable bonds is 6. The SMILES string of the molecule is O=C(CCC1CCCCC1)NCCc1c[nH]c2ccc(Cl)cc12. The number of carbonyl (C=O) groups excluding carboxylic acids is 1. The molecule has 0 unspecified atom stereocenters. The first kappa shape index (κ1) is 16.4. The van der Waals surface area contributed by atoms with Crippen LogP contribution in [0.25, 0.3) is 10.9 Å². The molecule has 0 atom stereocenters. The second kappa shape index (κ2) is 7.87. The zero-order valence-corrected chi connectivity index (χ0v) is 14.3. The Labute approximate surface area is 142 Å². The zero-order valence-electron chi connectivity index (χ0n) is 13.5. The number of hydrogen-bond acceptors (Lipinski definition) is 1. The van der Waals surface area contributed by atoms with Gasteiger partial charge < -0.3 is 10.3 Å². The smallest absolute Gasteiger partial charge is 0.220 e. The van der Waals surface area contributed by atoms with Gasteiger partial charge in [0, 0.05) is 35.1 Å². The molecule has 0 radical (unpaired) electrons. The van der Waals surface area contributed by atoms with Gasteiger partial charge >= 0.3 is 0 Å². The predicted octanol–water partition coefficient (Wildman–Crippen LogP) is 4.84. The number of nitrogens with one attached hydrogen (secondary N) is 2.